The first kappa shape index (κ1) is 86.4. The molecule has 113 heavy (non-hydrogen) atoms. The van der Waals surface area contributed by atoms with Gasteiger partial charge in [0.25, 0.3) is 0 Å². The van der Waals surface area contributed by atoms with E-state index in [1.165, 1.54) is 64.2 Å². The van der Waals surface area contributed by atoms with E-state index in [2.05, 4.69) is 27.7 Å². The minimum atomic E-state index is -0.510. The van der Waals surface area contributed by atoms with Crippen LogP contribution >= 0.6 is 0 Å². The van der Waals surface area contributed by atoms with E-state index in [4.69, 9.17) is 47.4 Å². The average Bonchev–Trinajstić information content (AvgIpc) is 1.65. The first-order valence-corrected chi connectivity index (χ1v) is 45.3. The van der Waals surface area contributed by atoms with Crippen molar-refractivity contribution in [2.45, 2.75) is 408 Å². The summed E-state index contributed by atoms with van der Waals surface area (Å²) in [6.07, 6.45) is 27.9. The summed E-state index contributed by atoms with van der Waals surface area (Å²) in [5, 5.41) is 21.0. The molecule has 22 aliphatic rings. The summed E-state index contributed by atoms with van der Waals surface area (Å²) in [6, 6.07) is 0. The van der Waals surface area contributed by atoms with Crippen LogP contribution in [-0.2, 0) is 85.7 Å². The number of aliphatic hydroxyl groups is 2. The summed E-state index contributed by atoms with van der Waals surface area (Å²) >= 11 is 0. The number of hydrogen-bond donors (Lipinski definition) is 2. The van der Waals surface area contributed by atoms with Crippen molar-refractivity contribution in [3.8, 4) is 0 Å². The van der Waals surface area contributed by atoms with Gasteiger partial charge in [-0.2, -0.15) is 0 Å². The van der Waals surface area contributed by atoms with E-state index in [9.17, 15) is 48.6 Å². The van der Waals surface area contributed by atoms with Crippen LogP contribution in [0.5, 0.6) is 0 Å². The van der Waals surface area contributed by atoms with Crippen LogP contribution < -0.4 is 0 Å². The predicted octanol–water partition coefficient (Wildman–Crippen LogP) is 16.7. The predicted molar refractivity (Wildman–Crippen MR) is 422 cm³/mol. The van der Waals surface area contributed by atoms with E-state index in [1.54, 1.807) is 0 Å². The Morgan fingerprint density at radius 1 is 0.345 bits per heavy atom. The topological polar surface area (TPSA) is 269 Å². The van der Waals surface area contributed by atoms with Crippen LogP contribution in [0.4, 0.5) is 0 Å². The third-order valence-corrected chi connectivity index (χ3v) is 33.9. The zero-order valence-corrected chi connectivity index (χ0v) is 72.8. The molecule has 14 atom stereocenters. The Hall–Kier alpha value is -4.40. The highest BCUT2D eigenvalue weighted by Gasteiger charge is 2.68. The fraction of sp³-hybridized carbons (Fsp3) is 0.914. The summed E-state index contributed by atoms with van der Waals surface area (Å²) in [6.45, 7) is 39.9. The summed E-state index contributed by atoms with van der Waals surface area (Å²) in [5.41, 5.74) is -3.65. The van der Waals surface area contributed by atoms with Crippen molar-refractivity contribution in [3.63, 3.8) is 0 Å². The first-order chi connectivity index (χ1) is 52.8. The lowest BCUT2D eigenvalue weighted by Crippen LogP contribution is -2.60. The fourth-order valence-electron chi connectivity index (χ4n) is 24.8. The monoisotopic (exact) mass is 1580 g/mol. The number of ether oxygens (including phenoxy) is 10. The van der Waals surface area contributed by atoms with Crippen LogP contribution in [0.2, 0.25) is 0 Å². The van der Waals surface area contributed by atoms with E-state index < -0.39 is 46.4 Å². The molecule has 0 aromatic carbocycles. The third kappa shape index (κ3) is 16.6. The van der Waals surface area contributed by atoms with Gasteiger partial charge in [-0.3, -0.25) is 38.4 Å². The van der Waals surface area contributed by atoms with Gasteiger partial charge in [0, 0.05) is 0 Å². The molecule has 22 fully saturated rings. The normalized spacial score (nSPS) is 43.1. The molecule has 0 radical (unpaired) electrons. The van der Waals surface area contributed by atoms with Crippen LogP contribution in [0.3, 0.4) is 0 Å². The van der Waals surface area contributed by atoms with Crippen LogP contribution in [-0.4, -0.2) is 141 Å². The molecule has 14 unspecified atom stereocenters. The third-order valence-electron chi connectivity index (χ3n) is 33.9. The second kappa shape index (κ2) is 31.6. The largest absolute Gasteiger partial charge is 0.461 e. The molecular weight excluding hydrogens is 1440 g/mol. The van der Waals surface area contributed by atoms with Gasteiger partial charge < -0.3 is 57.6 Å². The molecule has 20 bridgehead atoms. The molecule has 0 aromatic heterocycles. The second-order valence-electron chi connectivity index (χ2n) is 43.9. The zero-order valence-electron chi connectivity index (χ0n) is 72.8. The average molecular weight is 1580 g/mol. The first-order valence-electron chi connectivity index (χ1n) is 45.3. The Morgan fingerprint density at radius 2 is 0.619 bits per heavy atom. The van der Waals surface area contributed by atoms with E-state index >= 15 is 0 Å². The maximum atomic E-state index is 12.6. The van der Waals surface area contributed by atoms with Crippen molar-refractivity contribution >= 4 is 47.8 Å². The van der Waals surface area contributed by atoms with Gasteiger partial charge in [-0.1, -0.05) is 48.5 Å². The molecule has 638 valence electrons. The molecule has 6 heterocycles. The number of carbonyl (C=O) groups excluding carboxylic acids is 8. The molecule has 0 aromatic rings. The van der Waals surface area contributed by atoms with Crippen molar-refractivity contribution in [1.82, 2.24) is 0 Å². The Balaban J connectivity index is 0.000000119. The number of fused-ring (bicyclic) bond motifs is 2. The summed E-state index contributed by atoms with van der Waals surface area (Å²) in [4.78, 5) is 96.9. The molecular formula is C93H146O20. The summed E-state index contributed by atoms with van der Waals surface area (Å²) in [7, 11) is 0. The molecule has 2 N–H and O–H groups in total. The molecule has 22 rings (SSSR count). The van der Waals surface area contributed by atoms with E-state index in [-0.39, 0.29) is 129 Å². The fourth-order valence-corrected chi connectivity index (χ4v) is 24.8. The van der Waals surface area contributed by atoms with E-state index in [1.807, 2.05) is 111 Å². The van der Waals surface area contributed by atoms with Crippen molar-refractivity contribution in [3.05, 3.63) is 0 Å². The Morgan fingerprint density at radius 3 is 0.903 bits per heavy atom. The summed E-state index contributed by atoms with van der Waals surface area (Å²) in [5.74, 6) is 7.89. The molecule has 16 saturated carbocycles. The Bertz CT molecular complexity index is 3290. The second-order valence-corrected chi connectivity index (χ2v) is 43.9. The lowest BCUT2D eigenvalue weighted by molar-refractivity contribution is -0.218. The summed E-state index contributed by atoms with van der Waals surface area (Å²) < 4.78 is 57.1. The lowest BCUT2D eigenvalue weighted by atomic mass is 9.49. The smallest absolute Gasteiger partial charge is 0.312 e. The molecule has 6 aliphatic heterocycles. The van der Waals surface area contributed by atoms with Crippen LogP contribution in [0.15, 0.2) is 0 Å². The molecule has 6 saturated heterocycles. The zero-order chi connectivity index (χ0) is 82.2. The molecule has 20 nitrogen and oxygen atoms in total. The minimum absolute atomic E-state index is 0.0185. The highest BCUT2D eigenvalue weighted by molar-refractivity contribution is 5.81. The molecule has 0 spiro atoms. The van der Waals surface area contributed by atoms with Gasteiger partial charge >= 0.3 is 47.8 Å². The maximum absolute atomic E-state index is 12.6. The van der Waals surface area contributed by atoms with Gasteiger partial charge in [0.05, 0.1) is 67.7 Å². The van der Waals surface area contributed by atoms with Gasteiger partial charge in [0.15, 0.2) is 24.4 Å². The van der Waals surface area contributed by atoms with Crippen molar-refractivity contribution in [2.75, 3.05) is 0 Å². The number of esters is 8. The maximum Gasteiger partial charge on any atom is 0.312 e. The van der Waals surface area contributed by atoms with E-state index in [0.29, 0.717) is 84.9 Å². The van der Waals surface area contributed by atoms with Gasteiger partial charge in [-0.25, -0.2) is 0 Å². The SMILES string of the molecule is CCC(C)(C)C(=O)OC1(C)C2CC3CC(C2)CC1C3.CCC(C)(C)C(=O)OC1(CC)C2CC3CC(C2)CC1C3.CCC(C)(C)C(=O)OC1C2CC3C(=O)OC1C3O2.CCC(C)(C)C(=O)OC1C2CC3C(=O)OC1C3O2.CCC(C)(C)C(=O)OC1C2CC3CC1CC(O)(C3)C2.CCC(C)(C)C(=O)OC1C2CC3CC1CC(O)(C3)C2. The Kier molecular flexibility index (Phi) is 24.2. The number of hydrogen-bond acceptors (Lipinski definition) is 20. The van der Waals surface area contributed by atoms with Gasteiger partial charge in [-0.05, 0) is 359 Å². The highest BCUT2D eigenvalue weighted by atomic mass is 16.7. The van der Waals surface area contributed by atoms with Crippen LogP contribution in [0, 0.1) is 127 Å². The number of carbonyl (C=O) groups is 8. The van der Waals surface area contributed by atoms with Crippen LogP contribution in [0.1, 0.15) is 325 Å². The number of rotatable bonds is 19. The van der Waals surface area contributed by atoms with Gasteiger partial charge in [-0.15, -0.1) is 0 Å². The van der Waals surface area contributed by atoms with Crippen LogP contribution in [0.25, 0.3) is 0 Å². The highest BCUT2D eigenvalue weighted by Crippen LogP contribution is 2.64. The van der Waals surface area contributed by atoms with Crippen molar-refractivity contribution < 1.29 is 95.9 Å². The van der Waals surface area contributed by atoms with Crippen molar-refractivity contribution in [2.24, 2.45) is 127 Å². The molecule has 0 amide bonds. The van der Waals surface area contributed by atoms with Gasteiger partial charge in [0.1, 0.15) is 35.6 Å². The standard InChI is InChI=1S/C18H30O2.C17H28O2.2C16H26O3.2C13H18O5/c1-5-17(3,4)16(19)20-18(6-2)14-8-12-7-13(10-14)11-15(18)9-12;1-5-16(2,3)15(18)19-17(4)13-7-11-6-12(9-13)10-14(17)8-11;2*1-4-15(2,3)14(17)19-13-11-5-10-6-12(13)9-16(18,7-10)8-11;2*1-4-13(2,3)12(15)18-9-7-5-6-8(16-7)10(9)17-11(6)14/h12-15H,5-11H2,1-4H3;11-14H,5-10H2,1-4H3;2*10-13,18H,4-9H2,1-3H3;2*6-10H,4-5H2,1-3H3. The van der Waals surface area contributed by atoms with Gasteiger partial charge in [0.2, 0.25) is 0 Å². The molecule has 16 aliphatic carbocycles. The lowest BCUT2D eigenvalue weighted by Gasteiger charge is -2.60. The van der Waals surface area contributed by atoms with Crippen molar-refractivity contribution in [1.29, 1.82) is 0 Å². The quantitative estimate of drug-likeness (QED) is 0.0898. The van der Waals surface area contributed by atoms with E-state index in [0.717, 1.165) is 120 Å². The Labute approximate surface area is 675 Å². The minimum Gasteiger partial charge on any atom is -0.461 e. The molecule has 20 heteroatoms.